The number of fused-ring (bicyclic) bond motifs is 1. The molecule has 0 radical (unpaired) electrons. The van der Waals surface area contributed by atoms with E-state index in [1.165, 1.54) is 0 Å². The fraction of sp³-hybridized carbons (Fsp3) is 0.364. The summed E-state index contributed by atoms with van der Waals surface area (Å²) < 4.78 is 30.7. The second kappa shape index (κ2) is 4.85. The zero-order valence-electron chi connectivity index (χ0n) is 9.89. The number of sulfonamides is 1. The molecule has 1 heterocycles. The Morgan fingerprint density at radius 3 is 2.94 bits per heavy atom. The van der Waals surface area contributed by atoms with Crippen LogP contribution in [0.25, 0.3) is 0 Å². The quantitative estimate of drug-likeness (QED) is 0.863. The van der Waals surface area contributed by atoms with Crippen LogP contribution < -0.4 is 14.8 Å². The Balaban J connectivity index is 2.29. The number of benzene rings is 1. The molecule has 1 amide bonds. The van der Waals surface area contributed by atoms with Gasteiger partial charge in [0.25, 0.3) is 0 Å². The molecule has 1 aliphatic heterocycles. The third kappa shape index (κ3) is 2.92. The van der Waals surface area contributed by atoms with Gasteiger partial charge in [-0.15, -0.1) is 0 Å². The van der Waals surface area contributed by atoms with Gasteiger partial charge in [-0.05, 0) is 25.1 Å². The maximum absolute atomic E-state index is 11.4. The van der Waals surface area contributed by atoms with Crippen LogP contribution in [-0.2, 0) is 14.8 Å². The van der Waals surface area contributed by atoms with Gasteiger partial charge in [0.2, 0.25) is 15.9 Å². The number of amides is 1. The number of nitrogens with one attached hydrogen (secondary N) is 2. The van der Waals surface area contributed by atoms with Crippen molar-refractivity contribution >= 4 is 27.3 Å². The molecule has 0 aliphatic carbocycles. The van der Waals surface area contributed by atoms with Crippen molar-refractivity contribution in [3.63, 3.8) is 0 Å². The van der Waals surface area contributed by atoms with Crippen LogP contribution in [0, 0.1) is 0 Å². The largest absolute Gasteiger partial charge is 0.491 e. The second-order valence-electron chi connectivity index (χ2n) is 3.86. The minimum absolute atomic E-state index is 0.00700. The summed E-state index contributed by atoms with van der Waals surface area (Å²) in [5, 5.41) is 2.67. The number of anilines is 2. The highest BCUT2D eigenvalue weighted by Crippen LogP contribution is 2.30. The van der Waals surface area contributed by atoms with Gasteiger partial charge in [-0.1, -0.05) is 0 Å². The van der Waals surface area contributed by atoms with Crippen molar-refractivity contribution in [3.05, 3.63) is 18.2 Å². The molecule has 6 nitrogen and oxygen atoms in total. The average Bonchev–Trinajstić information content (AvgIpc) is 2.49. The first-order valence-corrected chi connectivity index (χ1v) is 7.22. The van der Waals surface area contributed by atoms with E-state index in [1.807, 2.05) is 0 Å². The van der Waals surface area contributed by atoms with Crippen LogP contribution >= 0.6 is 0 Å². The summed E-state index contributed by atoms with van der Waals surface area (Å²) in [5.41, 5.74) is 0.884. The summed E-state index contributed by atoms with van der Waals surface area (Å²) in [6.45, 7) is 1.87. The molecule has 1 aromatic rings. The normalized spacial score (nSPS) is 15.1. The molecule has 0 bridgehead atoms. The zero-order valence-corrected chi connectivity index (χ0v) is 10.7. The van der Waals surface area contributed by atoms with Crippen molar-refractivity contribution in [3.8, 4) is 5.75 Å². The first kappa shape index (κ1) is 12.7. The van der Waals surface area contributed by atoms with Crippen LogP contribution in [0.4, 0.5) is 11.4 Å². The molecular formula is C11H14N2O4S. The van der Waals surface area contributed by atoms with Crippen molar-refractivity contribution in [2.75, 3.05) is 22.4 Å². The predicted molar refractivity (Wildman–Crippen MR) is 68.3 cm³/mol. The third-order valence-corrected chi connectivity index (χ3v) is 3.80. The van der Waals surface area contributed by atoms with E-state index >= 15 is 0 Å². The highest BCUT2D eigenvalue weighted by atomic mass is 32.2. The van der Waals surface area contributed by atoms with Gasteiger partial charge in [-0.3, -0.25) is 9.52 Å². The predicted octanol–water partition coefficient (Wildman–Crippen LogP) is 1.17. The van der Waals surface area contributed by atoms with E-state index in [1.54, 1.807) is 25.1 Å². The maximum atomic E-state index is 11.4. The van der Waals surface area contributed by atoms with Gasteiger partial charge in [0.1, 0.15) is 5.75 Å². The van der Waals surface area contributed by atoms with Crippen LogP contribution in [0.2, 0.25) is 0 Å². The minimum atomic E-state index is -3.33. The van der Waals surface area contributed by atoms with Crippen molar-refractivity contribution in [1.29, 1.82) is 0 Å². The fourth-order valence-electron chi connectivity index (χ4n) is 1.54. The Morgan fingerprint density at radius 1 is 1.44 bits per heavy atom. The van der Waals surface area contributed by atoms with E-state index in [9.17, 15) is 13.2 Å². The average molecular weight is 270 g/mol. The van der Waals surface area contributed by atoms with Crippen LogP contribution in [0.5, 0.6) is 5.75 Å². The van der Waals surface area contributed by atoms with Gasteiger partial charge in [0.05, 0.1) is 30.2 Å². The molecule has 0 saturated heterocycles. The molecular weight excluding hydrogens is 256 g/mol. The van der Waals surface area contributed by atoms with Gasteiger partial charge >= 0.3 is 0 Å². The summed E-state index contributed by atoms with van der Waals surface area (Å²) in [4.78, 5) is 11.4. The van der Waals surface area contributed by atoms with Gasteiger partial charge in [-0.25, -0.2) is 8.42 Å². The molecule has 7 heteroatoms. The third-order valence-electron chi connectivity index (χ3n) is 2.49. The summed E-state index contributed by atoms with van der Waals surface area (Å²) in [5.74, 6) is 0.386. The molecule has 98 valence electrons. The van der Waals surface area contributed by atoms with E-state index in [2.05, 4.69) is 10.0 Å². The number of hydrogen-bond donors (Lipinski definition) is 2. The zero-order chi connectivity index (χ0) is 13.2. The summed E-state index contributed by atoms with van der Waals surface area (Å²) in [7, 11) is -3.33. The first-order chi connectivity index (χ1) is 8.50. The summed E-state index contributed by atoms with van der Waals surface area (Å²) in [6.07, 6.45) is 0.282. The molecule has 0 saturated carbocycles. The highest BCUT2D eigenvalue weighted by molar-refractivity contribution is 7.92. The Morgan fingerprint density at radius 2 is 2.22 bits per heavy atom. The molecule has 1 aliphatic rings. The Kier molecular flexibility index (Phi) is 3.42. The highest BCUT2D eigenvalue weighted by Gasteiger charge is 2.15. The van der Waals surface area contributed by atoms with E-state index in [-0.39, 0.29) is 18.1 Å². The van der Waals surface area contributed by atoms with E-state index < -0.39 is 10.0 Å². The second-order valence-corrected chi connectivity index (χ2v) is 5.87. The van der Waals surface area contributed by atoms with Gasteiger partial charge in [0, 0.05) is 0 Å². The Labute approximate surface area is 105 Å². The van der Waals surface area contributed by atoms with E-state index in [4.69, 9.17) is 4.74 Å². The lowest BCUT2D eigenvalue weighted by Gasteiger charge is -2.10. The Hall–Kier alpha value is -1.76. The van der Waals surface area contributed by atoms with Crippen molar-refractivity contribution < 1.29 is 17.9 Å². The molecule has 2 N–H and O–H groups in total. The van der Waals surface area contributed by atoms with Gasteiger partial charge in [0.15, 0.2) is 0 Å². The molecule has 0 spiro atoms. The lowest BCUT2D eigenvalue weighted by molar-refractivity contribution is -0.116. The monoisotopic (exact) mass is 270 g/mol. The van der Waals surface area contributed by atoms with E-state index in [0.29, 0.717) is 23.7 Å². The van der Waals surface area contributed by atoms with Crippen LogP contribution in [0.15, 0.2) is 18.2 Å². The van der Waals surface area contributed by atoms with Crippen LogP contribution in [0.1, 0.15) is 13.3 Å². The molecule has 0 aromatic heterocycles. The van der Waals surface area contributed by atoms with Crippen molar-refractivity contribution in [1.82, 2.24) is 0 Å². The molecule has 18 heavy (non-hydrogen) atoms. The first-order valence-electron chi connectivity index (χ1n) is 5.57. The van der Waals surface area contributed by atoms with Crippen molar-refractivity contribution in [2.45, 2.75) is 13.3 Å². The van der Waals surface area contributed by atoms with Crippen LogP contribution in [-0.4, -0.2) is 26.7 Å². The fourth-order valence-corrected chi connectivity index (χ4v) is 2.17. The minimum Gasteiger partial charge on any atom is -0.491 e. The number of hydrogen-bond acceptors (Lipinski definition) is 4. The SMILES string of the molecule is CCS(=O)(=O)Nc1ccc2c(c1)NC(=O)CCO2. The maximum Gasteiger partial charge on any atom is 0.232 e. The standard InChI is InChI=1S/C11H14N2O4S/c1-2-18(15,16)13-8-3-4-10-9(7-8)12-11(14)5-6-17-10/h3-4,7,13H,2,5-6H2,1H3,(H,12,14). The number of carbonyl (C=O) groups excluding carboxylic acids is 1. The Bertz CT molecular complexity index is 568. The molecule has 1 aromatic carbocycles. The number of rotatable bonds is 3. The summed E-state index contributed by atoms with van der Waals surface area (Å²) >= 11 is 0. The molecule has 2 rings (SSSR count). The van der Waals surface area contributed by atoms with Crippen molar-refractivity contribution in [2.24, 2.45) is 0 Å². The van der Waals surface area contributed by atoms with Gasteiger partial charge < -0.3 is 10.1 Å². The molecule has 0 atom stereocenters. The van der Waals surface area contributed by atoms with Gasteiger partial charge in [-0.2, -0.15) is 0 Å². The lowest BCUT2D eigenvalue weighted by atomic mass is 10.2. The molecule has 0 fully saturated rings. The smallest absolute Gasteiger partial charge is 0.232 e. The topological polar surface area (TPSA) is 84.5 Å². The van der Waals surface area contributed by atoms with Crippen LogP contribution in [0.3, 0.4) is 0 Å². The number of carbonyl (C=O) groups is 1. The number of ether oxygens (including phenoxy) is 1. The lowest BCUT2D eigenvalue weighted by Crippen LogP contribution is -2.15. The van der Waals surface area contributed by atoms with E-state index in [0.717, 1.165) is 0 Å². The summed E-state index contributed by atoms with van der Waals surface area (Å²) in [6, 6.07) is 4.78. The molecule has 0 unspecified atom stereocenters.